The van der Waals surface area contributed by atoms with Crippen LogP contribution in [-0.2, 0) is 14.8 Å². The van der Waals surface area contributed by atoms with Gasteiger partial charge in [0.25, 0.3) is 0 Å². The number of carboxylic acids is 1. The quantitative estimate of drug-likeness (QED) is 0.924. The summed E-state index contributed by atoms with van der Waals surface area (Å²) in [4.78, 5) is 11.0. The van der Waals surface area contributed by atoms with Gasteiger partial charge in [0.05, 0.1) is 10.8 Å². The van der Waals surface area contributed by atoms with Gasteiger partial charge < -0.3 is 5.11 Å². The summed E-state index contributed by atoms with van der Waals surface area (Å²) in [6.45, 7) is 0.456. The van der Waals surface area contributed by atoms with Gasteiger partial charge in [-0.25, -0.2) is 8.42 Å². The van der Waals surface area contributed by atoms with E-state index in [1.165, 1.54) is 16.4 Å². The molecule has 0 bridgehead atoms. The van der Waals surface area contributed by atoms with Crippen LogP contribution in [0.2, 0.25) is 5.02 Å². The minimum absolute atomic E-state index is 0.147. The molecule has 1 aromatic carbocycles. The van der Waals surface area contributed by atoms with Crippen LogP contribution >= 0.6 is 11.6 Å². The summed E-state index contributed by atoms with van der Waals surface area (Å²) in [6, 6.07) is 6.08. The first kappa shape index (κ1) is 14.3. The predicted octanol–water partition coefficient (Wildman–Crippen LogP) is 1.83. The number of halogens is 1. The Morgan fingerprint density at radius 1 is 1.32 bits per heavy atom. The standard InChI is InChI=1S/C12H14ClNO4S/c13-10-2-1-3-11(8-10)19(17,18)14-6-4-9(5-7-14)12(15)16/h1-3,8-9H,4-7H2,(H,15,16). The minimum atomic E-state index is -3.58. The third-order valence-corrected chi connectivity index (χ3v) is 5.37. The van der Waals surface area contributed by atoms with Gasteiger partial charge in [-0.15, -0.1) is 0 Å². The van der Waals surface area contributed by atoms with Crippen LogP contribution < -0.4 is 0 Å². The van der Waals surface area contributed by atoms with Crippen molar-refractivity contribution in [1.82, 2.24) is 4.31 Å². The maximum atomic E-state index is 12.3. The molecule has 0 spiro atoms. The first-order chi connectivity index (χ1) is 8.91. The fraction of sp³-hybridized carbons (Fsp3) is 0.417. The molecule has 1 N–H and O–H groups in total. The van der Waals surface area contributed by atoms with Crippen LogP contribution in [-0.4, -0.2) is 36.9 Å². The minimum Gasteiger partial charge on any atom is -0.481 e. The zero-order valence-electron chi connectivity index (χ0n) is 10.1. The van der Waals surface area contributed by atoms with E-state index in [0.29, 0.717) is 17.9 Å². The van der Waals surface area contributed by atoms with Gasteiger partial charge in [0.2, 0.25) is 10.0 Å². The Morgan fingerprint density at radius 3 is 2.47 bits per heavy atom. The van der Waals surface area contributed by atoms with Crippen molar-refractivity contribution in [3.05, 3.63) is 29.3 Å². The van der Waals surface area contributed by atoms with Crippen LogP contribution in [0.4, 0.5) is 0 Å². The lowest BCUT2D eigenvalue weighted by molar-refractivity contribution is -0.142. The number of benzene rings is 1. The summed E-state index contributed by atoms with van der Waals surface area (Å²) in [6.07, 6.45) is 0.685. The molecule has 0 aliphatic carbocycles. The van der Waals surface area contributed by atoms with Crippen molar-refractivity contribution >= 4 is 27.6 Å². The number of hydrogen-bond acceptors (Lipinski definition) is 3. The van der Waals surface area contributed by atoms with Crippen molar-refractivity contribution in [1.29, 1.82) is 0 Å². The van der Waals surface area contributed by atoms with E-state index >= 15 is 0 Å². The average molecular weight is 304 g/mol. The van der Waals surface area contributed by atoms with Crippen LogP contribution in [0.5, 0.6) is 0 Å². The van der Waals surface area contributed by atoms with Gasteiger partial charge in [-0.2, -0.15) is 4.31 Å². The molecule has 1 heterocycles. The molecule has 0 aromatic heterocycles. The van der Waals surface area contributed by atoms with E-state index in [1.54, 1.807) is 12.1 Å². The Hall–Kier alpha value is -1.11. The van der Waals surface area contributed by atoms with Gasteiger partial charge in [-0.05, 0) is 31.0 Å². The molecular weight excluding hydrogens is 290 g/mol. The van der Waals surface area contributed by atoms with Gasteiger partial charge in [0, 0.05) is 18.1 Å². The number of sulfonamides is 1. The number of rotatable bonds is 3. The zero-order valence-corrected chi connectivity index (χ0v) is 11.7. The van der Waals surface area contributed by atoms with Crippen molar-refractivity contribution < 1.29 is 18.3 Å². The third-order valence-electron chi connectivity index (χ3n) is 3.24. The molecule has 1 aromatic rings. The first-order valence-corrected chi connectivity index (χ1v) is 7.71. The Morgan fingerprint density at radius 2 is 1.95 bits per heavy atom. The lowest BCUT2D eigenvalue weighted by Gasteiger charge is -2.29. The maximum Gasteiger partial charge on any atom is 0.306 e. The van der Waals surface area contributed by atoms with E-state index < -0.39 is 21.9 Å². The summed E-state index contributed by atoms with van der Waals surface area (Å²) in [5.41, 5.74) is 0. The Bertz CT molecular complexity index is 579. The molecule has 0 unspecified atom stereocenters. The number of carboxylic acid groups (broad SMARTS) is 1. The Kier molecular flexibility index (Phi) is 4.13. The van der Waals surface area contributed by atoms with Gasteiger partial charge in [-0.3, -0.25) is 4.79 Å². The number of aliphatic carboxylic acids is 1. The maximum absolute atomic E-state index is 12.3. The summed E-state index contributed by atoms with van der Waals surface area (Å²) in [7, 11) is -3.58. The lowest BCUT2D eigenvalue weighted by atomic mass is 9.99. The predicted molar refractivity (Wildman–Crippen MR) is 70.6 cm³/mol. The van der Waals surface area contributed by atoms with Crippen molar-refractivity contribution in [3.8, 4) is 0 Å². The molecule has 0 amide bonds. The van der Waals surface area contributed by atoms with E-state index in [9.17, 15) is 13.2 Å². The summed E-state index contributed by atoms with van der Waals surface area (Å²) < 4.78 is 26.0. The molecule has 1 aliphatic heterocycles. The Labute approximate surface area is 116 Å². The van der Waals surface area contributed by atoms with Crippen LogP contribution in [0.3, 0.4) is 0 Å². The molecule has 7 heteroatoms. The van der Waals surface area contributed by atoms with Gasteiger partial charge in [0.15, 0.2) is 0 Å². The molecule has 1 fully saturated rings. The lowest BCUT2D eigenvalue weighted by Crippen LogP contribution is -2.40. The SMILES string of the molecule is O=C(O)C1CCN(S(=O)(=O)c2cccc(Cl)c2)CC1. The van der Waals surface area contributed by atoms with E-state index in [0.717, 1.165) is 0 Å². The highest BCUT2D eigenvalue weighted by molar-refractivity contribution is 7.89. The second-order valence-corrected chi connectivity index (χ2v) is 6.85. The summed E-state index contributed by atoms with van der Waals surface area (Å²) in [5.74, 6) is -1.31. The summed E-state index contributed by atoms with van der Waals surface area (Å²) >= 11 is 5.79. The van der Waals surface area contributed by atoms with Crippen LogP contribution in [0.15, 0.2) is 29.2 Å². The molecular formula is C12H14ClNO4S. The molecule has 19 heavy (non-hydrogen) atoms. The van der Waals surface area contributed by atoms with Crippen molar-refractivity contribution in [3.63, 3.8) is 0 Å². The zero-order chi connectivity index (χ0) is 14.0. The molecule has 2 rings (SSSR count). The third kappa shape index (κ3) is 3.08. The average Bonchev–Trinajstić information content (AvgIpc) is 2.39. The van der Waals surface area contributed by atoms with Gasteiger partial charge >= 0.3 is 5.97 Å². The summed E-state index contributed by atoms with van der Waals surface area (Å²) in [5, 5.41) is 9.26. The van der Waals surface area contributed by atoms with Gasteiger partial charge in [-0.1, -0.05) is 17.7 Å². The molecule has 0 atom stereocenters. The highest BCUT2D eigenvalue weighted by atomic mass is 35.5. The largest absolute Gasteiger partial charge is 0.481 e. The van der Waals surface area contributed by atoms with Crippen molar-refractivity contribution in [2.24, 2.45) is 5.92 Å². The molecule has 5 nitrogen and oxygen atoms in total. The topological polar surface area (TPSA) is 74.7 Å². The molecule has 0 radical (unpaired) electrons. The van der Waals surface area contributed by atoms with E-state index in [1.807, 2.05) is 0 Å². The molecule has 104 valence electrons. The smallest absolute Gasteiger partial charge is 0.306 e. The highest BCUT2D eigenvalue weighted by Crippen LogP contribution is 2.25. The highest BCUT2D eigenvalue weighted by Gasteiger charge is 2.31. The molecule has 1 saturated heterocycles. The molecule has 1 aliphatic rings. The van der Waals surface area contributed by atoms with Gasteiger partial charge in [0.1, 0.15) is 0 Å². The first-order valence-electron chi connectivity index (χ1n) is 5.90. The van der Waals surface area contributed by atoms with E-state index in [2.05, 4.69) is 0 Å². The number of hydrogen-bond donors (Lipinski definition) is 1. The van der Waals surface area contributed by atoms with Crippen LogP contribution in [0.25, 0.3) is 0 Å². The second kappa shape index (κ2) is 5.48. The molecule has 0 saturated carbocycles. The monoisotopic (exact) mass is 303 g/mol. The van der Waals surface area contributed by atoms with Crippen molar-refractivity contribution in [2.45, 2.75) is 17.7 Å². The van der Waals surface area contributed by atoms with E-state index in [4.69, 9.17) is 16.7 Å². The fourth-order valence-corrected chi connectivity index (χ4v) is 3.89. The van der Waals surface area contributed by atoms with Crippen LogP contribution in [0.1, 0.15) is 12.8 Å². The number of piperidine rings is 1. The normalized spacial score (nSPS) is 18.4. The number of nitrogens with zero attached hydrogens (tertiary/aromatic N) is 1. The van der Waals surface area contributed by atoms with E-state index in [-0.39, 0.29) is 18.0 Å². The number of carbonyl (C=O) groups is 1. The fourth-order valence-electron chi connectivity index (χ4n) is 2.12. The Balaban J connectivity index is 2.16. The second-order valence-electron chi connectivity index (χ2n) is 4.47. The van der Waals surface area contributed by atoms with Crippen LogP contribution in [0, 0.1) is 5.92 Å². The van der Waals surface area contributed by atoms with Crippen molar-refractivity contribution in [2.75, 3.05) is 13.1 Å².